The summed E-state index contributed by atoms with van der Waals surface area (Å²) in [6.45, 7) is 5.90. The van der Waals surface area contributed by atoms with Gasteiger partial charge in [-0.25, -0.2) is 0 Å². The normalized spacial score (nSPS) is 19.0. The van der Waals surface area contributed by atoms with Gasteiger partial charge < -0.3 is 4.57 Å². The fourth-order valence-corrected chi connectivity index (χ4v) is 4.62. The maximum absolute atomic E-state index is 4.63. The zero-order valence-electron chi connectivity index (χ0n) is 15.5. The molecule has 1 saturated carbocycles. The summed E-state index contributed by atoms with van der Waals surface area (Å²) in [4.78, 5) is 3.80. The Kier molecular flexibility index (Phi) is 4.48. The highest BCUT2D eigenvalue weighted by molar-refractivity contribution is 7.05. The Hall–Kier alpha value is -2.13. The molecular formula is C18H24N8S. The van der Waals surface area contributed by atoms with Gasteiger partial charge in [0.1, 0.15) is 12.4 Å². The molecule has 0 aromatic carbocycles. The highest BCUT2D eigenvalue weighted by Gasteiger charge is 2.33. The van der Waals surface area contributed by atoms with Crippen molar-refractivity contribution in [2.75, 3.05) is 13.1 Å². The maximum atomic E-state index is 4.63. The average molecular weight is 385 g/mol. The SMILES string of the molecule is Cc1nnsc1CN1CCC(c2nnc(Cn3cccn3)n2C2CC2)CC1. The van der Waals surface area contributed by atoms with Crippen molar-refractivity contribution in [3.05, 3.63) is 40.7 Å². The molecule has 2 fully saturated rings. The Morgan fingerprint density at radius 1 is 1.07 bits per heavy atom. The van der Waals surface area contributed by atoms with E-state index in [-0.39, 0.29) is 0 Å². The maximum Gasteiger partial charge on any atom is 0.155 e. The monoisotopic (exact) mass is 384 g/mol. The Bertz CT molecular complexity index is 887. The molecule has 0 atom stereocenters. The van der Waals surface area contributed by atoms with Crippen LogP contribution < -0.4 is 0 Å². The van der Waals surface area contributed by atoms with Crippen LogP contribution in [0.25, 0.3) is 0 Å². The molecule has 0 bridgehead atoms. The van der Waals surface area contributed by atoms with Gasteiger partial charge in [-0.3, -0.25) is 9.58 Å². The van der Waals surface area contributed by atoms with Crippen molar-refractivity contribution in [3.8, 4) is 0 Å². The van der Waals surface area contributed by atoms with Gasteiger partial charge in [-0.15, -0.1) is 15.3 Å². The van der Waals surface area contributed by atoms with Crippen molar-refractivity contribution in [3.63, 3.8) is 0 Å². The van der Waals surface area contributed by atoms with Crippen LogP contribution in [-0.4, -0.2) is 52.1 Å². The molecule has 0 unspecified atom stereocenters. The van der Waals surface area contributed by atoms with Gasteiger partial charge >= 0.3 is 0 Å². The lowest BCUT2D eigenvalue weighted by Gasteiger charge is -2.31. The van der Waals surface area contributed by atoms with E-state index in [0.717, 1.165) is 44.0 Å². The zero-order valence-corrected chi connectivity index (χ0v) is 16.3. The van der Waals surface area contributed by atoms with Crippen molar-refractivity contribution in [1.82, 2.24) is 39.0 Å². The molecule has 1 saturated heterocycles. The molecule has 142 valence electrons. The van der Waals surface area contributed by atoms with E-state index in [9.17, 15) is 0 Å². The van der Waals surface area contributed by atoms with E-state index in [1.54, 1.807) is 0 Å². The van der Waals surface area contributed by atoms with Gasteiger partial charge in [-0.2, -0.15) is 5.10 Å². The molecule has 5 rings (SSSR count). The summed E-state index contributed by atoms with van der Waals surface area (Å²) in [6, 6.07) is 2.54. The summed E-state index contributed by atoms with van der Waals surface area (Å²) in [7, 11) is 0. The number of hydrogen-bond acceptors (Lipinski definition) is 7. The smallest absolute Gasteiger partial charge is 0.155 e. The van der Waals surface area contributed by atoms with Crippen molar-refractivity contribution in [2.24, 2.45) is 0 Å². The number of piperidine rings is 1. The summed E-state index contributed by atoms with van der Waals surface area (Å²) < 4.78 is 8.40. The van der Waals surface area contributed by atoms with Gasteiger partial charge in [0.25, 0.3) is 0 Å². The topological polar surface area (TPSA) is 77.6 Å². The molecule has 1 aliphatic carbocycles. The van der Waals surface area contributed by atoms with Gasteiger partial charge in [0.05, 0.1) is 10.6 Å². The number of aryl methyl sites for hydroxylation is 1. The fourth-order valence-electron chi connectivity index (χ4n) is 3.94. The van der Waals surface area contributed by atoms with E-state index < -0.39 is 0 Å². The van der Waals surface area contributed by atoms with Crippen LogP contribution >= 0.6 is 11.5 Å². The van der Waals surface area contributed by atoms with Crippen LogP contribution in [0.3, 0.4) is 0 Å². The lowest BCUT2D eigenvalue weighted by Crippen LogP contribution is -2.33. The summed E-state index contributed by atoms with van der Waals surface area (Å²) >= 11 is 1.52. The van der Waals surface area contributed by atoms with Gasteiger partial charge in [0, 0.05) is 30.9 Å². The van der Waals surface area contributed by atoms with Gasteiger partial charge in [-0.05, 0) is 63.3 Å². The van der Waals surface area contributed by atoms with E-state index in [4.69, 9.17) is 0 Å². The number of nitrogens with zero attached hydrogens (tertiary/aromatic N) is 8. The Balaban J connectivity index is 1.28. The first-order chi connectivity index (χ1) is 13.3. The van der Waals surface area contributed by atoms with Crippen LogP contribution in [0, 0.1) is 6.92 Å². The largest absolute Gasteiger partial charge is 0.310 e. The van der Waals surface area contributed by atoms with Gasteiger partial charge in [-0.1, -0.05) is 4.49 Å². The predicted octanol–water partition coefficient (Wildman–Crippen LogP) is 2.40. The van der Waals surface area contributed by atoms with Crippen molar-refractivity contribution < 1.29 is 0 Å². The summed E-state index contributed by atoms with van der Waals surface area (Å²) in [5.74, 6) is 2.74. The highest BCUT2D eigenvalue weighted by Crippen LogP contribution is 2.40. The second-order valence-electron chi connectivity index (χ2n) is 7.61. The molecule has 1 aliphatic heterocycles. The third-order valence-corrected chi connectivity index (χ3v) is 6.44. The van der Waals surface area contributed by atoms with E-state index >= 15 is 0 Å². The highest BCUT2D eigenvalue weighted by atomic mass is 32.1. The number of likely N-dealkylation sites (tertiary alicyclic amines) is 1. The fraction of sp³-hybridized carbons (Fsp3) is 0.611. The number of aromatic nitrogens is 7. The van der Waals surface area contributed by atoms with Crippen LogP contribution in [0.15, 0.2) is 18.5 Å². The molecule has 4 heterocycles. The predicted molar refractivity (Wildman–Crippen MR) is 102 cm³/mol. The molecule has 2 aliphatic rings. The molecule has 0 spiro atoms. The van der Waals surface area contributed by atoms with Crippen molar-refractivity contribution in [1.29, 1.82) is 0 Å². The van der Waals surface area contributed by atoms with Gasteiger partial charge in [0.2, 0.25) is 0 Å². The van der Waals surface area contributed by atoms with Crippen LogP contribution in [0.4, 0.5) is 0 Å². The minimum absolute atomic E-state index is 0.501. The Morgan fingerprint density at radius 2 is 1.93 bits per heavy atom. The quantitative estimate of drug-likeness (QED) is 0.649. The molecule has 3 aromatic heterocycles. The minimum Gasteiger partial charge on any atom is -0.310 e. The third-order valence-electron chi connectivity index (χ3n) is 5.63. The molecule has 9 heteroatoms. The minimum atomic E-state index is 0.501. The standard InChI is InChI=1S/C18H24N8S/c1-13-16(27-23-20-13)11-24-9-5-14(6-10-24)18-22-21-17(26(18)15-3-4-15)12-25-8-2-7-19-25/h2,7-8,14-15H,3-6,9-12H2,1H3. The molecule has 0 radical (unpaired) electrons. The first-order valence-electron chi connectivity index (χ1n) is 9.69. The second kappa shape index (κ2) is 7.12. The molecule has 0 N–H and O–H groups in total. The summed E-state index contributed by atoms with van der Waals surface area (Å²) in [5, 5.41) is 17.6. The van der Waals surface area contributed by atoms with Crippen LogP contribution in [0.1, 0.15) is 59.9 Å². The molecular weight excluding hydrogens is 360 g/mol. The first-order valence-corrected chi connectivity index (χ1v) is 10.5. The molecule has 8 nitrogen and oxygen atoms in total. The summed E-state index contributed by atoms with van der Waals surface area (Å²) in [5.41, 5.74) is 1.07. The Labute approximate surface area is 162 Å². The lowest BCUT2D eigenvalue weighted by atomic mass is 9.95. The van der Waals surface area contributed by atoms with E-state index in [1.165, 1.54) is 35.1 Å². The number of hydrogen-bond donors (Lipinski definition) is 0. The molecule has 0 amide bonds. The Morgan fingerprint density at radius 3 is 2.59 bits per heavy atom. The first kappa shape index (κ1) is 17.0. The van der Waals surface area contributed by atoms with E-state index in [0.29, 0.717) is 18.5 Å². The van der Waals surface area contributed by atoms with Crippen LogP contribution in [0.5, 0.6) is 0 Å². The second-order valence-corrected chi connectivity index (χ2v) is 8.45. The van der Waals surface area contributed by atoms with Gasteiger partial charge in [0.15, 0.2) is 5.82 Å². The molecule has 3 aromatic rings. The van der Waals surface area contributed by atoms with E-state index in [1.807, 2.05) is 30.1 Å². The molecule has 27 heavy (non-hydrogen) atoms. The number of rotatable bonds is 6. The lowest BCUT2D eigenvalue weighted by molar-refractivity contribution is 0.201. The van der Waals surface area contributed by atoms with Crippen molar-refractivity contribution in [2.45, 2.75) is 57.7 Å². The average Bonchev–Trinajstić information content (AvgIpc) is 3.05. The third kappa shape index (κ3) is 3.53. The zero-order chi connectivity index (χ0) is 18.2. The van der Waals surface area contributed by atoms with Crippen LogP contribution in [-0.2, 0) is 13.1 Å². The summed E-state index contributed by atoms with van der Waals surface area (Å²) in [6.07, 6.45) is 8.56. The van der Waals surface area contributed by atoms with E-state index in [2.05, 4.69) is 34.3 Å². The van der Waals surface area contributed by atoms with Crippen molar-refractivity contribution >= 4 is 11.5 Å². The van der Waals surface area contributed by atoms with Crippen LogP contribution in [0.2, 0.25) is 0 Å².